The lowest BCUT2D eigenvalue weighted by Crippen LogP contribution is -2.17. The lowest BCUT2D eigenvalue weighted by Gasteiger charge is -2.25. The molecular formula is C19H26O. The fourth-order valence-electron chi connectivity index (χ4n) is 3.07. The summed E-state index contributed by atoms with van der Waals surface area (Å²) in [6.07, 6.45) is 7.20. The third kappa shape index (κ3) is 4.35. The normalized spacial score (nSPS) is 21.6. The van der Waals surface area contributed by atoms with Gasteiger partial charge in [-0.3, -0.25) is 0 Å². The number of aliphatic hydroxyl groups excluding tert-OH is 1. The zero-order chi connectivity index (χ0) is 14.4. The summed E-state index contributed by atoms with van der Waals surface area (Å²) >= 11 is 0. The van der Waals surface area contributed by atoms with Gasteiger partial charge in [-0.1, -0.05) is 54.5 Å². The van der Waals surface area contributed by atoms with Crippen LogP contribution in [0.1, 0.15) is 51.0 Å². The van der Waals surface area contributed by atoms with Crippen LogP contribution < -0.4 is 0 Å². The smallest absolute Gasteiger partial charge is 0.0752 e. The highest BCUT2D eigenvalue weighted by atomic mass is 16.3. The van der Waals surface area contributed by atoms with Gasteiger partial charge < -0.3 is 5.11 Å². The zero-order valence-electron chi connectivity index (χ0n) is 12.6. The molecule has 20 heavy (non-hydrogen) atoms. The number of hydrogen-bond donors (Lipinski definition) is 1. The molecule has 0 heterocycles. The predicted octanol–water partition coefficient (Wildman–Crippen LogP) is 4.82. The van der Waals surface area contributed by atoms with E-state index in [0.29, 0.717) is 0 Å². The van der Waals surface area contributed by atoms with Gasteiger partial charge in [-0.25, -0.2) is 0 Å². The Morgan fingerprint density at radius 3 is 2.65 bits per heavy atom. The molecule has 1 aromatic rings. The fraction of sp³-hybridized carbons (Fsp3) is 0.474. The maximum Gasteiger partial charge on any atom is 0.0752 e. The highest BCUT2D eigenvalue weighted by Gasteiger charge is 2.19. The summed E-state index contributed by atoms with van der Waals surface area (Å²) in [6, 6.07) is 10.6. The van der Waals surface area contributed by atoms with Gasteiger partial charge in [0.25, 0.3) is 0 Å². The van der Waals surface area contributed by atoms with Gasteiger partial charge in [0.2, 0.25) is 0 Å². The second-order valence-corrected chi connectivity index (χ2v) is 6.01. The lowest BCUT2D eigenvalue weighted by molar-refractivity contribution is 0.176. The quantitative estimate of drug-likeness (QED) is 0.761. The van der Waals surface area contributed by atoms with Crippen molar-refractivity contribution in [3.63, 3.8) is 0 Å². The summed E-state index contributed by atoms with van der Waals surface area (Å²) in [6.45, 7) is 6.14. The molecule has 1 nitrogen and oxygen atoms in total. The largest absolute Gasteiger partial charge is 0.389 e. The number of allylic oxidation sites excluding steroid dienone is 2. The standard InChI is InChI=1S/C19H26O/c1-15(2)14-17(18-10-6-7-11-19(18)20)13-12-16-8-4-3-5-9-16/h3-5,8-9,19-20H,1,6-7,10-14H2,2H3/b18-17-. The van der Waals surface area contributed by atoms with E-state index in [0.717, 1.165) is 38.5 Å². The van der Waals surface area contributed by atoms with E-state index >= 15 is 0 Å². The van der Waals surface area contributed by atoms with Crippen LogP contribution in [0.2, 0.25) is 0 Å². The van der Waals surface area contributed by atoms with Gasteiger partial charge in [0, 0.05) is 0 Å². The van der Waals surface area contributed by atoms with Crippen LogP contribution in [0.15, 0.2) is 53.6 Å². The first-order valence-corrected chi connectivity index (χ1v) is 7.74. The molecule has 1 aromatic carbocycles. The third-order valence-electron chi connectivity index (χ3n) is 4.10. The maximum absolute atomic E-state index is 10.3. The molecule has 1 saturated carbocycles. The van der Waals surface area contributed by atoms with E-state index in [1.54, 1.807) is 0 Å². The monoisotopic (exact) mass is 270 g/mol. The summed E-state index contributed by atoms with van der Waals surface area (Å²) in [5.74, 6) is 0. The first-order chi connectivity index (χ1) is 9.66. The minimum absolute atomic E-state index is 0.214. The summed E-state index contributed by atoms with van der Waals surface area (Å²) in [4.78, 5) is 0. The van der Waals surface area contributed by atoms with Crippen LogP contribution >= 0.6 is 0 Å². The van der Waals surface area contributed by atoms with Crippen molar-refractivity contribution in [1.82, 2.24) is 0 Å². The Balaban J connectivity index is 2.11. The lowest BCUT2D eigenvalue weighted by atomic mass is 9.84. The van der Waals surface area contributed by atoms with Crippen molar-refractivity contribution in [3.8, 4) is 0 Å². The first kappa shape index (κ1) is 15.1. The summed E-state index contributed by atoms with van der Waals surface area (Å²) < 4.78 is 0. The summed E-state index contributed by atoms with van der Waals surface area (Å²) in [5, 5.41) is 10.3. The molecule has 0 spiro atoms. The molecule has 0 aromatic heterocycles. The van der Waals surface area contributed by atoms with Gasteiger partial charge in [-0.2, -0.15) is 0 Å². The Morgan fingerprint density at radius 1 is 1.25 bits per heavy atom. The van der Waals surface area contributed by atoms with E-state index in [4.69, 9.17) is 0 Å². The molecule has 1 N–H and O–H groups in total. The summed E-state index contributed by atoms with van der Waals surface area (Å²) in [7, 11) is 0. The number of rotatable bonds is 5. The van der Waals surface area contributed by atoms with Gasteiger partial charge in [-0.15, -0.1) is 0 Å². The van der Waals surface area contributed by atoms with E-state index in [1.807, 2.05) is 0 Å². The molecule has 0 aliphatic heterocycles. The Hall–Kier alpha value is -1.34. The van der Waals surface area contributed by atoms with E-state index in [1.165, 1.54) is 28.7 Å². The highest BCUT2D eigenvalue weighted by Crippen LogP contribution is 2.31. The minimum Gasteiger partial charge on any atom is -0.389 e. The molecule has 1 heteroatoms. The van der Waals surface area contributed by atoms with E-state index in [2.05, 4.69) is 43.8 Å². The average Bonchev–Trinajstić information content (AvgIpc) is 2.45. The number of hydrogen-bond acceptors (Lipinski definition) is 1. The van der Waals surface area contributed by atoms with Crippen molar-refractivity contribution in [1.29, 1.82) is 0 Å². The number of aryl methyl sites for hydroxylation is 1. The maximum atomic E-state index is 10.3. The molecule has 0 amide bonds. The molecule has 0 saturated heterocycles. The van der Waals surface area contributed by atoms with Crippen LogP contribution in [0, 0.1) is 0 Å². The predicted molar refractivity (Wildman–Crippen MR) is 85.7 cm³/mol. The van der Waals surface area contributed by atoms with Crippen molar-refractivity contribution in [2.75, 3.05) is 0 Å². The molecule has 1 aliphatic rings. The minimum atomic E-state index is -0.214. The van der Waals surface area contributed by atoms with Crippen molar-refractivity contribution >= 4 is 0 Å². The van der Waals surface area contributed by atoms with Crippen LogP contribution in [0.3, 0.4) is 0 Å². The number of benzene rings is 1. The third-order valence-corrected chi connectivity index (χ3v) is 4.10. The molecule has 0 bridgehead atoms. The van der Waals surface area contributed by atoms with Crippen LogP contribution in [0.25, 0.3) is 0 Å². The van der Waals surface area contributed by atoms with Crippen molar-refractivity contribution in [2.45, 2.75) is 58.0 Å². The molecule has 1 fully saturated rings. The van der Waals surface area contributed by atoms with Crippen molar-refractivity contribution < 1.29 is 5.11 Å². The van der Waals surface area contributed by atoms with E-state index in [-0.39, 0.29) is 6.10 Å². The van der Waals surface area contributed by atoms with Gasteiger partial charge in [0.05, 0.1) is 6.10 Å². The van der Waals surface area contributed by atoms with Gasteiger partial charge in [-0.05, 0) is 56.6 Å². The van der Waals surface area contributed by atoms with Gasteiger partial charge in [0.1, 0.15) is 0 Å². The molecule has 1 unspecified atom stereocenters. The Morgan fingerprint density at radius 2 is 2.00 bits per heavy atom. The highest BCUT2D eigenvalue weighted by molar-refractivity contribution is 5.26. The second-order valence-electron chi connectivity index (χ2n) is 6.01. The molecule has 0 radical (unpaired) electrons. The Labute approximate surface area is 123 Å². The van der Waals surface area contributed by atoms with E-state index < -0.39 is 0 Å². The Kier molecular flexibility index (Phi) is 5.60. The average molecular weight is 270 g/mol. The van der Waals surface area contributed by atoms with Gasteiger partial charge >= 0.3 is 0 Å². The number of aliphatic hydroxyl groups is 1. The summed E-state index contributed by atoms with van der Waals surface area (Å²) in [5.41, 5.74) is 5.29. The first-order valence-electron chi connectivity index (χ1n) is 7.74. The van der Waals surface area contributed by atoms with Crippen LogP contribution in [-0.4, -0.2) is 11.2 Å². The Bertz CT molecular complexity index is 470. The SMILES string of the molecule is C=C(C)C/C(CCc1ccccc1)=C1/CCCCC1O. The molecule has 108 valence electrons. The van der Waals surface area contributed by atoms with Crippen molar-refractivity contribution in [2.24, 2.45) is 0 Å². The molecular weight excluding hydrogens is 244 g/mol. The molecule has 2 rings (SSSR count). The second kappa shape index (κ2) is 7.44. The molecule has 1 aliphatic carbocycles. The zero-order valence-corrected chi connectivity index (χ0v) is 12.6. The van der Waals surface area contributed by atoms with Crippen molar-refractivity contribution in [3.05, 3.63) is 59.2 Å². The topological polar surface area (TPSA) is 20.2 Å². The fourth-order valence-corrected chi connectivity index (χ4v) is 3.07. The molecule has 1 atom stereocenters. The van der Waals surface area contributed by atoms with E-state index in [9.17, 15) is 5.11 Å². The van der Waals surface area contributed by atoms with Crippen LogP contribution in [-0.2, 0) is 6.42 Å². The van der Waals surface area contributed by atoms with Gasteiger partial charge in [0.15, 0.2) is 0 Å². The van der Waals surface area contributed by atoms with Crippen LogP contribution in [0.5, 0.6) is 0 Å². The van der Waals surface area contributed by atoms with Crippen LogP contribution in [0.4, 0.5) is 0 Å².